The molecular formula is C14H19NO4S. The molecule has 0 spiro atoms. The molecule has 110 valence electrons. The summed E-state index contributed by atoms with van der Waals surface area (Å²) in [6.07, 6.45) is 1.28. The molecular weight excluding hydrogens is 278 g/mol. The number of nitrogens with one attached hydrogen (secondary N) is 1. The Hall–Kier alpha value is -1.40. The van der Waals surface area contributed by atoms with Gasteiger partial charge in [0.15, 0.2) is 0 Å². The molecule has 2 unspecified atom stereocenters. The summed E-state index contributed by atoms with van der Waals surface area (Å²) < 4.78 is 29.5. The third-order valence-electron chi connectivity index (χ3n) is 3.57. The van der Waals surface area contributed by atoms with Crippen LogP contribution in [0.25, 0.3) is 0 Å². The van der Waals surface area contributed by atoms with E-state index in [2.05, 4.69) is 5.32 Å². The lowest BCUT2D eigenvalue weighted by atomic mass is 10.1. The van der Waals surface area contributed by atoms with Crippen LogP contribution in [0.5, 0.6) is 0 Å². The summed E-state index contributed by atoms with van der Waals surface area (Å²) in [6.45, 7) is 1.89. The number of carbonyl (C=O) groups is 1. The molecule has 1 aliphatic carbocycles. The van der Waals surface area contributed by atoms with E-state index in [-0.39, 0.29) is 16.7 Å². The van der Waals surface area contributed by atoms with Gasteiger partial charge >= 0.3 is 0 Å². The summed E-state index contributed by atoms with van der Waals surface area (Å²) in [5.41, 5.74) is 0.990. The highest BCUT2D eigenvalue weighted by molar-refractivity contribution is 7.86. The minimum atomic E-state index is -3.75. The van der Waals surface area contributed by atoms with E-state index < -0.39 is 16.2 Å². The summed E-state index contributed by atoms with van der Waals surface area (Å²) in [5.74, 6) is -0.206. The zero-order valence-electron chi connectivity index (χ0n) is 11.6. The first-order chi connectivity index (χ1) is 9.42. The van der Waals surface area contributed by atoms with Crippen molar-refractivity contribution in [3.8, 4) is 0 Å². The topological polar surface area (TPSA) is 72.5 Å². The first-order valence-electron chi connectivity index (χ1n) is 6.64. The van der Waals surface area contributed by atoms with E-state index in [1.807, 2.05) is 6.92 Å². The second kappa shape index (κ2) is 5.93. The smallest absolute Gasteiger partial charge is 0.297 e. The van der Waals surface area contributed by atoms with E-state index in [0.717, 1.165) is 5.56 Å². The Balaban J connectivity index is 2.03. The Morgan fingerprint density at radius 2 is 1.90 bits per heavy atom. The molecule has 1 aliphatic rings. The van der Waals surface area contributed by atoms with Crippen molar-refractivity contribution in [2.24, 2.45) is 5.92 Å². The Labute approximate surface area is 119 Å². The van der Waals surface area contributed by atoms with Crippen LogP contribution >= 0.6 is 0 Å². The third kappa shape index (κ3) is 3.37. The number of amides is 1. The van der Waals surface area contributed by atoms with Crippen molar-refractivity contribution in [3.05, 3.63) is 29.8 Å². The highest BCUT2D eigenvalue weighted by atomic mass is 32.2. The Morgan fingerprint density at radius 1 is 1.25 bits per heavy atom. The van der Waals surface area contributed by atoms with Crippen LogP contribution in [0.4, 0.5) is 0 Å². The van der Waals surface area contributed by atoms with E-state index in [9.17, 15) is 13.2 Å². The van der Waals surface area contributed by atoms with Crippen molar-refractivity contribution in [1.29, 1.82) is 0 Å². The standard InChI is InChI=1S/C14H19NO4S/c1-10-3-7-13(8-4-10)20(17,18)19-12-6-5-11(9-12)14(16)15-2/h3-4,7-8,11-12H,5-6,9H2,1-2H3,(H,15,16). The molecule has 0 bridgehead atoms. The van der Waals surface area contributed by atoms with Gasteiger partial charge in [-0.15, -0.1) is 0 Å². The van der Waals surface area contributed by atoms with Crippen molar-refractivity contribution in [1.82, 2.24) is 5.32 Å². The molecule has 6 heteroatoms. The van der Waals surface area contributed by atoms with E-state index in [4.69, 9.17) is 4.18 Å². The van der Waals surface area contributed by atoms with Crippen LogP contribution in [0.1, 0.15) is 24.8 Å². The molecule has 1 saturated carbocycles. The monoisotopic (exact) mass is 297 g/mol. The summed E-state index contributed by atoms with van der Waals surface area (Å²) in [4.78, 5) is 11.7. The first-order valence-corrected chi connectivity index (χ1v) is 8.05. The number of rotatable bonds is 4. The maximum atomic E-state index is 12.1. The van der Waals surface area contributed by atoms with E-state index >= 15 is 0 Å². The fourth-order valence-corrected chi connectivity index (χ4v) is 3.52. The van der Waals surface area contributed by atoms with Crippen LogP contribution in [-0.2, 0) is 19.1 Å². The molecule has 20 heavy (non-hydrogen) atoms. The summed E-state index contributed by atoms with van der Waals surface area (Å²) in [7, 11) is -2.17. The minimum absolute atomic E-state index is 0.0520. The maximum absolute atomic E-state index is 12.1. The Morgan fingerprint density at radius 3 is 2.50 bits per heavy atom. The lowest BCUT2D eigenvalue weighted by Gasteiger charge is -2.12. The third-order valence-corrected chi connectivity index (χ3v) is 4.95. The predicted octanol–water partition coefficient (Wildman–Crippen LogP) is 1.62. The van der Waals surface area contributed by atoms with Gasteiger partial charge in [-0.25, -0.2) is 0 Å². The molecule has 2 rings (SSSR count). The van der Waals surface area contributed by atoms with Crippen molar-refractivity contribution in [2.45, 2.75) is 37.2 Å². The van der Waals surface area contributed by atoms with Crippen molar-refractivity contribution >= 4 is 16.0 Å². The van der Waals surface area contributed by atoms with Gasteiger partial charge in [-0.05, 0) is 38.3 Å². The number of carbonyl (C=O) groups excluding carboxylic acids is 1. The van der Waals surface area contributed by atoms with Crippen LogP contribution in [0.15, 0.2) is 29.2 Å². The van der Waals surface area contributed by atoms with Gasteiger partial charge in [0, 0.05) is 13.0 Å². The fraction of sp³-hybridized carbons (Fsp3) is 0.500. The zero-order valence-corrected chi connectivity index (χ0v) is 12.4. The molecule has 0 radical (unpaired) electrons. The zero-order chi connectivity index (χ0) is 14.8. The fourth-order valence-electron chi connectivity index (χ4n) is 2.41. The molecule has 1 aromatic rings. The maximum Gasteiger partial charge on any atom is 0.297 e. The lowest BCUT2D eigenvalue weighted by Crippen LogP contribution is -2.26. The van der Waals surface area contributed by atoms with Gasteiger partial charge in [-0.1, -0.05) is 17.7 Å². The van der Waals surface area contributed by atoms with Gasteiger partial charge in [0.2, 0.25) is 5.91 Å². The second-order valence-electron chi connectivity index (χ2n) is 5.11. The van der Waals surface area contributed by atoms with Crippen LogP contribution in [0, 0.1) is 12.8 Å². The average Bonchev–Trinajstić information content (AvgIpc) is 2.86. The number of hydrogen-bond acceptors (Lipinski definition) is 4. The Kier molecular flexibility index (Phi) is 4.45. The molecule has 1 fully saturated rings. The highest BCUT2D eigenvalue weighted by Crippen LogP contribution is 2.30. The molecule has 0 saturated heterocycles. The first kappa shape index (κ1) is 15.0. The van der Waals surface area contributed by atoms with Crippen molar-refractivity contribution < 1.29 is 17.4 Å². The van der Waals surface area contributed by atoms with Gasteiger partial charge in [0.25, 0.3) is 10.1 Å². The highest BCUT2D eigenvalue weighted by Gasteiger charge is 2.33. The largest absolute Gasteiger partial charge is 0.359 e. The van der Waals surface area contributed by atoms with Crippen LogP contribution in [0.2, 0.25) is 0 Å². The number of benzene rings is 1. The van der Waals surface area contributed by atoms with Crippen LogP contribution in [-0.4, -0.2) is 27.5 Å². The molecule has 5 nitrogen and oxygen atoms in total. The summed E-state index contributed by atoms with van der Waals surface area (Å²) in [5, 5.41) is 2.58. The minimum Gasteiger partial charge on any atom is -0.359 e. The molecule has 0 aromatic heterocycles. The van der Waals surface area contributed by atoms with Gasteiger partial charge in [-0.2, -0.15) is 8.42 Å². The molecule has 0 aliphatic heterocycles. The summed E-state index contributed by atoms with van der Waals surface area (Å²) >= 11 is 0. The lowest BCUT2D eigenvalue weighted by molar-refractivity contribution is -0.124. The van der Waals surface area contributed by atoms with E-state index in [0.29, 0.717) is 19.3 Å². The number of aryl methyl sites for hydroxylation is 1. The molecule has 1 N–H and O–H groups in total. The van der Waals surface area contributed by atoms with Gasteiger partial charge < -0.3 is 5.32 Å². The van der Waals surface area contributed by atoms with Crippen molar-refractivity contribution in [3.63, 3.8) is 0 Å². The molecule has 1 amide bonds. The van der Waals surface area contributed by atoms with Gasteiger partial charge in [-0.3, -0.25) is 8.98 Å². The quantitative estimate of drug-likeness (QED) is 0.857. The van der Waals surface area contributed by atoms with Gasteiger partial charge in [0.1, 0.15) is 0 Å². The van der Waals surface area contributed by atoms with Gasteiger partial charge in [0.05, 0.1) is 11.0 Å². The summed E-state index contributed by atoms with van der Waals surface area (Å²) in [6, 6.07) is 6.54. The van der Waals surface area contributed by atoms with E-state index in [1.54, 1.807) is 19.2 Å². The normalized spacial score (nSPS) is 22.7. The van der Waals surface area contributed by atoms with E-state index in [1.165, 1.54) is 12.1 Å². The SMILES string of the molecule is CNC(=O)C1CCC(OS(=O)(=O)c2ccc(C)cc2)C1. The number of hydrogen-bond donors (Lipinski definition) is 1. The Bertz CT molecular complexity index is 580. The van der Waals surface area contributed by atoms with Crippen molar-refractivity contribution in [2.75, 3.05) is 7.05 Å². The predicted molar refractivity (Wildman–Crippen MR) is 74.6 cm³/mol. The van der Waals surface area contributed by atoms with Crippen LogP contribution in [0.3, 0.4) is 0 Å². The van der Waals surface area contributed by atoms with Crippen LogP contribution < -0.4 is 5.32 Å². The average molecular weight is 297 g/mol. The molecule has 0 heterocycles. The molecule has 2 atom stereocenters. The molecule has 1 aromatic carbocycles. The second-order valence-corrected chi connectivity index (χ2v) is 6.68.